The average Bonchev–Trinajstić information content (AvgIpc) is 2.17. The lowest BCUT2D eigenvalue weighted by Crippen LogP contribution is -1.66. The van der Waals surface area contributed by atoms with E-state index in [-0.39, 0.29) is 0 Å². The van der Waals surface area contributed by atoms with E-state index in [0.29, 0.717) is 0 Å². The summed E-state index contributed by atoms with van der Waals surface area (Å²) >= 11 is 3.31. The van der Waals surface area contributed by atoms with Crippen LogP contribution in [-0.4, -0.2) is 0 Å². The Balaban J connectivity index is 0.000000226. The SMILES string of the molecule is Brc1ccccc1.CCCCCC. The summed E-state index contributed by atoms with van der Waals surface area (Å²) in [4.78, 5) is 0. The van der Waals surface area contributed by atoms with Crippen LogP contribution in [0.1, 0.15) is 39.5 Å². The summed E-state index contributed by atoms with van der Waals surface area (Å²) in [5, 5.41) is 0. The molecule has 1 rings (SSSR count). The van der Waals surface area contributed by atoms with Crippen molar-refractivity contribution < 1.29 is 0 Å². The largest absolute Gasteiger partial charge is 0.0654 e. The second-order valence-electron chi connectivity index (χ2n) is 3.00. The van der Waals surface area contributed by atoms with Gasteiger partial charge in [-0.15, -0.1) is 0 Å². The minimum atomic E-state index is 1.13. The van der Waals surface area contributed by atoms with E-state index in [1.807, 2.05) is 30.3 Å². The second-order valence-corrected chi connectivity index (χ2v) is 3.92. The van der Waals surface area contributed by atoms with Gasteiger partial charge in [0.1, 0.15) is 0 Å². The van der Waals surface area contributed by atoms with Crippen LogP contribution in [0.25, 0.3) is 0 Å². The third kappa shape index (κ3) is 9.62. The van der Waals surface area contributed by atoms with Crippen molar-refractivity contribution in [3.63, 3.8) is 0 Å². The highest BCUT2D eigenvalue weighted by Crippen LogP contribution is 2.05. The zero-order chi connectivity index (χ0) is 9.94. The van der Waals surface area contributed by atoms with Crippen molar-refractivity contribution >= 4 is 15.9 Å². The van der Waals surface area contributed by atoms with Gasteiger partial charge in [-0.2, -0.15) is 0 Å². The number of hydrogen-bond acceptors (Lipinski definition) is 0. The van der Waals surface area contributed by atoms with E-state index >= 15 is 0 Å². The Hall–Kier alpha value is -0.300. The van der Waals surface area contributed by atoms with Crippen molar-refractivity contribution in [2.45, 2.75) is 39.5 Å². The lowest BCUT2D eigenvalue weighted by molar-refractivity contribution is 0.702. The molecule has 0 unspecified atom stereocenters. The zero-order valence-electron chi connectivity index (χ0n) is 8.59. The number of unbranched alkanes of at least 4 members (excludes halogenated alkanes) is 3. The van der Waals surface area contributed by atoms with Gasteiger partial charge < -0.3 is 0 Å². The van der Waals surface area contributed by atoms with E-state index in [1.54, 1.807) is 0 Å². The van der Waals surface area contributed by atoms with E-state index in [2.05, 4.69) is 29.8 Å². The smallest absolute Gasteiger partial charge is 0.0175 e. The van der Waals surface area contributed by atoms with Gasteiger partial charge in [-0.3, -0.25) is 0 Å². The van der Waals surface area contributed by atoms with Crippen LogP contribution in [0.4, 0.5) is 0 Å². The topological polar surface area (TPSA) is 0 Å². The molecule has 0 radical (unpaired) electrons. The zero-order valence-corrected chi connectivity index (χ0v) is 10.2. The van der Waals surface area contributed by atoms with Crippen molar-refractivity contribution in [1.82, 2.24) is 0 Å². The number of benzene rings is 1. The minimum Gasteiger partial charge on any atom is -0.0654 e. The molecular formula is C12H19Br. The molecular weight excluding hydrogens is 224 g/mol. The monoisotopic (exact) mass is 242 g/mol. The fourth-order valence-electron chi connectivity index (χ4n) is 0.915. The van der Waals surface area contributed by atoms with Crippen LogP contribution >= 0.6 is 15.9 Å². The van der Waals surface area contributed by atoms with Crippen LogP contribution in [0.5, 0.6) is 0 Å². The lowest BCUT2D eigenvalue weighted by atomic mass is 10.2. The Morgan fingerprint density at radius 2 is 1.38 bits per heavy atom. The van der Waals surface area contributed by atoms with E-state index in [4.69, 9.17) is 0 Å². The van der Waals surface area contributed by atoms with E-state index < -0.39 is 0 Å². The van der Waals surface area contributed by atoms with Crippen molar-refractivity contribution in [3.05, 3.63) is 34.8 Å². The molecule has 0 aliphatic carbocycles. The second kappa shape index (κ2) is 9.79. The molecule has 0 N–H and O–H groups in total. The first-order chi connectivity index (χ1) is 6.31. The van der Waals surface area contributed by atoms with Gasteiger partial charge in [0.25, 0.3) is 0 Å². The van der Waals surface area contributed by atoms with E-state index in [0.717, 1.165) is 4.47 Å². The van der Waals surface area contributed by atoms with Crippen LogP contribution in [0.15, 0.2) is 34.8 Å². The van der Waals surface area contributed by atoms with Crippen LogP contribution < -0.4 is 0 Å². The fraction of sp³-hybridized carbons (Fsp3) is 0.500. The molecule has 0 saturated heterocycles. The Kier molecular flexibility index (Phi) is 9.56. The molecule has 0 heterocycles. The highest BCUT2D eigenvalue weighted by molar-refractivity contribution is 9.10. The Bertz CT molecular complexity index is 178. The molecule has 1 aromatic carbocycles. The van der Waals surface area contributed by atoms with Gasteiger partial charge in [0, 0.05) is 4.47 Å². The third-order valence-corrected chi connectivity index (χ3v) is 2.22. The first kappa shape index (κ1) is 12.7. The van der Waals surface area contributed by atoms with Gasteiger partial charge in [0.15, 0.2) is 0 Å². The highest BCUT2D eigenvalue weighted by Gasteiger charge is 1.75. The number of halogens is 1. The maximum atomic E-state index is 3.31. The van der Waals surface area contributed by atoms with Crippen molar-refractivity contribution in [1.29, 1.82) is 0 Å². The lowest BCUT2D eigenvalue weighted by Gasteiger charge is -1.86. The molecule has 0 spiro atoms. The van der Waals surface area contributed by atoms with Crippen LogP contribution in [-0.2, 0) is 0 Å². The molecule has 0 amide bonds. The number of rotatable bonds is 3. The van der Waals surface area contributed by atoms with Crippen molar-refractivity contribution in [2.24, 2.45) is 0 Å². The van der Waals surface area contributed by atoms with Gasteiger partial charge >= 0.3 is 0 Å². The van der Waals surface area contributed by atoms with Crippen molar-refractivity contribution in [2.75, 3.05) is 0 Å². The summed E-state index contributed by atoms with van der Waals surface area (Å²) < 4.78 is 1.13. The van der Waals surface area contributed by atoms with Crippen LogP contribution in [0.3, 0.4) is 0 Å². The summed E-state index contributed by atoms with van der Waals surface area (Å²) in [5.41, 5.74) is 0. The van der Waals surface area contributed by atoms with Gasteiger partial charge in [-0.25, -0.2) is 0 Å². The first-order valence-corrected chi connectivity index (χ1v) is 5.81. The molecule has 0 bridgehead atoms. The first-order valence-electron chi connectivity index (χ1n) is 5.01. The molecule has 0 nitrogen and oxygen atoms in total. The van der Waals surface area contributed by atoms with Crippen LogP contribution in [0.2, 0.25) is 0 Å². The Morgan fingerprint density at radius 1 is 0.923 bits per heavy atom. The molecule has 1 aromatic rings. The van der Waals surface area contributed by atoms with Gasteiger partial charge in [-0.05, 0) is 12.1 Å². The Labute approximate surface area is 90.5 Å². The maximum Gasteiger partial charge on any atom is 0.0175 e. The Morgan fingerprint density at radius 3 is 1.62 bits per heavy atom. The molecule has 0 aliphatic heterocycles. The third-order valence-electron chi connectivity index (χ3n) is 1.69. The molecule has 0 fully saturated rings. The van der Waals surface area contributed by atoms with Gasteiger partial charge in [0.05, 0.1) is 0 Å². The molecule has 1 heteroatoms. The average molecular weight is 243 g/mol. The predicted octanol–water partition coefficient (Wildman–Crippen LogP) is 5.04. The molecule has 0 aromatic heterocycles. The van der Waals surface area contributed by atoms with E-state index in [9.17, 15) is 0 Å². The van der Waals surface area contributed by atoms with Gasteiger partial charge in [0.2, 0.25) is 0 Å². The summed E-state index contributed by atoms with van der Waals surface area (Å²) in [7, 11) is 0. The number of hydrogen-bond donors (Lipinski definition) is 0. The summed E-state index contributed by atoms with van der Waals surface area (Å²) in [5.74, 6) is 0. The summed E-state index contributed by atoms with van der Waals surface area (Å²) in [6, 6.07) is 9.97. The summed E-state index contributed by atoms with van der Waals surface area (Å²) in [6.07, 6.45) is 5.54. The molecule has 0 aliphatic rings. The molecule has 74 valence electrons. The minimum absolute atomic E-state index is 1.13. The quantitative estimate of drug-likeness (QED) is 0.652. The van der Waals surface area contributed by atoms with Crippen molar-refractivity contribution in [3.8, 4) is 0 Å². The summed E-state index contributed by atoms with van der Waals surface area (Å²) in [6.45, 7) is 4.46. The van der Waals surface area contributed by atoms with Gasteiger partial charge in [-0.1, -0.05) is 73.7 Å². The standard InChI is InChI=1S/C6H5Br.C6H14/c7-6-4-2-1-3-5-6;1-3-5-6-4-2/h1-5H;3-6H2,1-2H3. The molecule has 0 atom stereocenters. The van der Waals surface area contributed by atoms with E-state index in [1.165, 1.54) is 25.7 Å². The van der Waals surface area contributed by atoms with Crippen LogP contribution in [0, 0.1) is 0 Å². The normalized spacial score (nSPS) is 8.85. The fourth-order valence-corrected chi connectivity index (χ4v) is 1.22. The highest BCUT2D eigenvalue weighted by atomic mass is 79.9. The molecule has 13 heavy (non-hydrogen) atoms. The predicted molar refractivity (Wildman–Crippen MR) is 64.0 cm³/mol. The molecule has 0 saturated carbocycles. The maximum absolute atomic E-state index is 3.31.